The van der Waals surface area contributed by atoms with E-state index in [1.165, 1.54) is 6.92 Å². The number of carbonyl (C=O) groups is 1. The third-order valence-corrected chi connectivity index (χ3v) is 2.59. The summed E-state index contributed by atoms with van der Waals surface area (Å²) in [5, 5.41) is 0. The molecule has 1 atom stereocenters. The number of methoxy groups -OCH3 is 1. The minimum absolute atomic E-state index is 0.517. The molecular formula is C11H11Cl3O3. The van der Waals surface area contributed by atoms with Gasteiger partial charge in [-0.05, 0) is 17.7 Å². The van der Waals surface area contributed by atoms with Gasteiger partial charge in [0.25, 0.3) is 0 Å². The molecule has 0 fully saturated rings. The molecule has 1 aromatic carbocycles. The fraction of sp³-hybridized carbons (Fsp3) is 0.364. The molecule has 1 aromatic rings. The van der Waals surface area contributed by atoms with Gasteiger partial charge in [-0.15, -0.1) is 0 Å². The summed E-state index contributed by atoms with van der Waals surface area (Å²) in [4.78, 5) is 11.0. The summed E-state index contributed by atoms with van der Waals surface area (Å²) in [5.41, 5.74) is 0.584. The predicted octanol–water partition coefficient (Wildman–Crippen LogP) is 3.67. The van der Waals surface area contributed by atoms with Gasteiger partial charge in [-0.2, -0.15) is 0 Å². The van der Waals surface area contributed by atoms with Gasteiger partial charge in [-0.3, -0.25) is 4.79 Å². The van der Waals surface area contributed by atoms with Gasteiger partial charge in [0.1, 0.15) is 5.75 Å². The van der Waals surface area contributed by atoms with Crippen LogP contribution in [0.3, 0.4) is 0 Å². The van der Waals surface area contributed by atoms with Gasteiger partial charge in [0.2, 0.25) is 3.79 Å². The van der Waals surface area contributed by atoms with Crippen molar-refractivity contribution >= 4 is 40.8 Å². The number of benzene rings is 1. The monoisotopic (exact) mass is 296 g/mol. The van der Waals surface area contributed by atoms with Crippen molar-refractivity contribution in [3.63, 3.8) is 0 Å². The predicted molar refractivity (Wildman–Crippen MR) is 67.8 cm³/mol. The van der Waals surface area contributed by atoms with Gasteiger partial charge in [-0.1, -0.05) is 46.9 Å². The van der Waals surface area contributed by atoms with Crippen molar-refractivity contribution in [2.45, 2.75) is 16.8 Å². The first-order valence-corrected chi connectivity index (χ1v) is 5.86. The van der Waals surface area contributed by atoms with E-state index < -0.39 is 15.9 Å². The van der Waals surface area contributed by atoms with Crippen LogP contribution in [-0.2, 0) is 9.53 Å². The smallest absolute Gasteiger partial charge is 0.303 e. The minimum Gasteiger partial charge on any atom is -0.497 e. The van der Waals surface area contributed by atoms with Gasteiger partial charge in [0, 0.05) is 6.92 Å². The van der Waals surface area contributed by atoms with Crippen LogP contribution in [0.4, 0.5) is 0 Å². The number of ether oxygens (including phenoxy) is 2. The van der Waals surface area contributed by atoms with E-state index in [9.17, 15) is 4.79 Å². The lowest BCUT2D eigenvalue weighted by molar-refractivity contribution is -0.146. The summed E-state index contributed by atoms with van der Waals surface area (Å²) in [6.07, 6.45) is -0.948. The van der Waals surface area contributed by atoms with E-state index in [0.717, 1.165) is 0 Å². The number of esters is 1. The zero-order valence-electron chi connectivity index (χ0n) is 9.25. The summed E-state index contributed by atoms with van der Waals surface area (Å²) >= 11 is 17.3. The third-order valence-electron chi connectivity index (χ3n) is 2.00. The lowest BCUT2D eigenvalue weighted by Crippen LogP contribution is -2.22. The molecule has 1 rings (SSSR count). The standard InChI is InChI=1S/C11H11Cl3O3/c1-7(15)17-10(11(12,13)14)8-3-5-9(16-2)6-4-8/h3-6,10H,1-2H3. The molecule has 17 heavy (non-hydrogen) atoms. The highest BCUT2D eigenvalue weighted by Crippen LogP contribution is 2.42. The molecule has 0 N–H and O–H groups in total. The topological polar surface area (TPSA) is 35.5 Å². The summed E-state index contributed by atoms with van der Waals surface area (Å²) < 4.78 is 8.29. The van der Waals surface area contributed by atoms with E-state index in [1.54, 1.807) is 31.4 Å². The van der Waals surface area contributed by atoms with Gasteiger partial charge in [0.15, 0.2) is 6.10 Å². The van der Waals surface area contributed by atoms with Crippen LogP contribution < -0.4 is 4.74 Å². The molecule has 0 spiro atoms. The summed E-state index contributed by atoms with van der Waals surface area (Å²) in [6.45, 7) is 1.26. The highest BCUT2D eigenvalue weighted by atomic mass is 35.6. The normalized spacial score (nSPS) is 13.0. The number of halogens is 3. The number of carbonyl (C=O) groups excluding carboxylic acids is 1. The van der Waals surface area contributed by atoms with Crippen LogP contribution in [0.25, 0.3) is 0 Å². The molecule has 1 unspecified atom stereocenters. The second-order valence-electron chi connectivity index (χ2n) is 3.30. The minimum atomic E-state index is -1.72. The van der Waals surface area contributed by atoms with Crippen molar-refractivity contribution in [2.24, 2.45) is 0 Å². The van der Waals surface area contributed by atoms with Gasteiger partial charge in [0.05, 0.1) is 7.11 Å². The Balaban J connectivity index is 3.00. The molecule has 0 aliphatic carbocycles. The van der Waals surface area contributed by atoms with Crippen LogP contribution in [0.5, 0.6) is 5.75 Å². The van der Waals surface area contributed by atoms with Crippen LogP contribution in [-0.4, -0.2) is 16.9 Å². The molecule has 0 bridgehead atoms. The molecular weight excluding hydrogens is 286 g/mol. The maximum absolute atomic E-state index is 11.0. The fourth-order valence-corrected chi connectivity index (χ4v) is 1.78. The molecule has 6 heteroatoms. The van der Waals surface area contributed by atoms with Gasteiger partial charge < -0.3 is 9.47 Å². The van der Waals surface area contributed by atoms with E-state index >= 15 is 0 Å². The first-order chi connectivity index (χ1) is 7.84. The Labute approximate surface area is 115 Å². The molecule has 0 heterocycles. The number of rotatable bonds is 3. The van der Waals surface area contributed by atoms with Gasteiger partial charge >= 0.3 is 5.97 Å². The first kappa shape index (κ1) is 14.4. The molecule has 0 saturated heterocycles. The highest BCUT2D eigenvalue weighted by molar-refractivity contribution is 6.68. The Morgan fingerprint density at radius 2 is 1.76 bits per heavy atom. The number of hydrogen-bond acceptors (Lipinski definition) is 3. The second-order valence-corrected chi connectivity index (χ2v) is 5.67. The SMILES string of the molecule is COc1ccc(C(OC(C)=O)C(Cl)(Cl)Cl)cc1. The van der Waals surface area contributed by atoms with Crippen molar-refractivity contribution in [3.8, 4) is 5.75 Å². The molecule has 94 valence electrons. The van der Waals surface area contributed by atoms with Crippen molar-refractivity contribution < 1.29 is 14.3 Å². The van der Waals surface area contributed by atoms with Crippen molar-refractivity contribution in [1.82, 2.24) is 0 Å². The van der Waals surface area contributed by atoms with E-state index in [0.29, 0.717) is 11.3 Å². The lowest BCUT2D eigenvalue weighted by Gasteiger charge is -2.24. The van der Waals surface area contributed by atoms with Crippen molar-refractivity contribution in [2.75, 3.05) is 7.11 Å². The highest BCUT2D eigenvalue weighted by Gasteiger charge is 2.36. The van der Waals surface area contributed by atoms with Crippen LogP contribution in [0, 0.1) is 0 Å². The van der Waals surface area contributed by atoms with Gasteiger partial charge in [-0.25, -0.2) is 0 Å². The van der Waals surface area contributed by atoms with E-state index in [-0.39, 0.29) is 0 Å². The fourth-order valence-electron chi connectivity index (χ4n) is 1.27. The second kappa shape index (κ2) is 5.80. The van der Waals surface area contributed by atoms with E-state index in [1.807, 2.05) is 0 Å². The van der Waals surface area contributed by atoms with Crippen LogP contribution in [0.1, 0.15) is 18.6 Å². The number of alkyl halides is 3. The van der Waals surface area contributed by atoms with E-state index in [4.69, 9.17) is 44.3 Å². The molecule has 3 nitrogen and oxygen atoms in total. The number of hydrogen-bond donors (Lipinski definition) is 0. The Hall–Kier alpha value is -0.640. The third kappa shape index (κ3) is 4.26. The molecule has 0 aliphatic rings. The average molecular weight is 298 g/mol. The molecule has 0 aromatic heterocycles. The largest absolute Gasteiger partial charge is 0.497 e. The Morgan fingerprint density at radius 3 is 2.12 bits per heavy atom. The summed E-state index contributed by atoms with van der Waals surface area (Å²) in [7, 11) is 1.55. The maximum atomic E-state index is 11.0. The Morgan fingerprint density at radius 1 is 1.24 bits per heavy atom. The maximum Gasteiger partial charge on any atom is 0.303 e. The molecule has 0 aliphatic heterocycles. The molecule has 0 amide bonds. The van der Waals surface area contributed by atoms with Crippen LogP contribution >= 0.6 is 34.8 Å². The zero-order chi connectivity index (χ0) is 13.1. The molecule has 0 radical (unpaired) electrons. The Kier molecular flexibility index (Phi) is 4.92. The van der Waals surface area contributed by atoms with E-state index in [2.05, 4.69) is 0 Å². The summed E-state index contributed by atoms with van der Waals surface area (Å²) in [6, 6.07) is 6.74. The van der Waals surface area contributed by atoms with Crippen molar-refractivity contribution in [3.05, 3.63) is 29.8 Å². The lowest BCUT2D eigenvalue weighted by atomic mass is 10.1. The Bertz CT molecular complexity index is 384. The molecule has 0 saturated carbocycles. The zero-order valence-corrected chi connectivity index (χ0v) is 11.5. The van der Waals surface area contributed by atoms with Crippen molar-refractivity contribution in [1.29, 1.82) is 0 Å². The van der Waals surface area contributed by atoms with Crippen LogP contribution in [0.15, 0.2) is 24.3 Å². The average Bonchev–Trinajstić information content (AvgIpc) is 2.24. The quantitative estimate of drug-likeness (QED) is 0.631. The summed E-state index contributed by atoms with van der Waals surface area (Å²) in [5.74, 6) is 0.150. The first-order valence-electron chi connectivity index (χ1n) is 4.72. The van der Waals surface area contributed by atoms with Crippen LogP contribution in [0.2, 0.25) is 0 Å².